The first-order chi connectivity index (χ1) is 9.19. The second kappa shape index (κ2) is 4.28. The van der Waals surface area contributed by atoms with Crippen molar-refractivity contribution in [2.45, 2.75) is 13.5 Å². The van der Waals surface area contributed by atoms with Crippen LogP contribution in [0.2, 0.25) is 0 Å². The van der Waals surface area contributed by atoms with E-state index in [1.807, 2.05) is 30.5 Å². The first kappa shape index (κ1) is 11.5. The van der Waals surface area contributed by atoms with Gasteiger partial charge in [-0.1, -0.05) is 18.2 Å². The topological polar surface area (TPSA) is 63.1 Å². The van der Waals surface area contributed by atoms with Gasteiger partial charge in [-0.25, -0.2) is 4.79 Å². The third kappa shape index (κ3) is 1.89. The molecule has 96 valence electrons. The molecule has 5 heteroatoms. The molecule has 3 rings (SSSR count). The van der Waals surface area contributed by atoms with Crippen molar-refractivity contribution in [3.63, 3.8) is 0 Å². The zero-order valence-corrected chi connectivity index (χ0v) is 10.4. The Morgan fingerprint density at radius 2 is 2.00 bits per heavy atom. The molecule has 2 N–H and O–H groups in total. The lowest BCUT2D eigenvalue weighted by Gasteiger charge is -1.97. The second-order valence-electron chi connectivity index (χ2n) is 4.35. The summed E-state index contributed by atoms with van der Waals surface area (Å²) in [4.78, 5) is 22.6. The van der Waals surface area contributed by atoms with E-state index < -0.39 is 11.9 Å². The number of imide groups is 1. The summed E-state index contributed by atoms with van der Waals surface area (Å²) in [6.45, 7) is 2.91. The van der Waals surface area contributed by atoms with Gasteiger partial charge in [0.2, 0.25) is 0 Å². The van der Waals surface area contributed by atoms with Crippen molar-refractivity contribution in [1.29, 1.82) is 0 Å². The molecule has 0 spiro atoms. The number of hydrogen-bond acceptors (Lipinski definition) is 2. The highest BCUT2D eigenvalue weighted by atomic mass is 16.2. The van der Waals surface area contributed by atoms with Crippen LogP contribution in [0.4, 0.5) is 4.79 Å². The van der Waals surface area contributed by atoms with Crippen LogP contribution in [0.3, 0.4) is 0 Å². The molecule has 1 saturated heterocycles. The Hall–Kier alpha value is -2.56. The zero-order valence-electron chi connectivity index (χ0n) is 10.4. The van der Waals surface area contributed by atoms with Gasteiger partial charge < -0.3 is 9.88 Å². The van der Waals surface area contributed by atoms with Crippen molar-refractivity contribution < 1.29 is 9.59 Å². The van der Waals surface area contributed by atoms with Crippen molar-refractivity contribution in [2.75, 3.05) is 0 Å². The lowest BCUT2D eigenvalue weighted by molar-refractivity contribution is -0.115. The van der Waals surface area contributed by atoms with Gasteiger partial charge in [-0.15, -0.1) is 0 Å². The number of para-hydroxylation sites is 1. The van der Waals surface area contributed by atoms with E-state index in [4.69, 9.17) is 0 Å². The SMILES string of the molecule is CCn1cc(/C=C2/NC(=O)NC2=O)c2ccccc21. The molecule has 0 bridgehead atoms. The fraction of sp³-hybridized carbons (Fsp3) is 0.143. The number of aromatic nitrogens is 1. The number of nitrogens with zero attached hydrogens (tertiary/aromatic N) is 1. The van der Waals surface area contributed by atoms with Crippen LogP contribution in [0, 0.1) is 0 Å². The van der Waals surface area contributed by atoms with Crippen molar-refractivity contribution in [1.82, 2.24) is 15.2 Å². The molecule has 0 atom stereocenters. The minimum atomic E-state index is -0.476. The molecule has 2 heterocycles. The average molecular weight is 255 g/mol. The van der Waals surface area contributed by atoms with Gasteiger partial charge in [0.1, 0.15) is 5.70 Å². The van der Waals surface area contributed by atoms with E-state index in [-0.39, 0.29) is 5.70 Å². The Labute approximate surface area is 109 Å². The average Bonchev–Trinajstić information content (AvgIpc) is 2.91. The number of fused-ring (bicyclic) bond motifs is 1. The summed E-state index contributed by atoms with van der Waals surface area (Å²) >= 11 is 0. The van der Waals surface area contributed by atoms with E-state index in [9.17, 15) is 9.59 Å². The van der Waals surface area contributed by atoms with Crippen LogP contribution in [-0.2, 0) is 11.3 Å². The van der Waals surface area contributed by atoms with Crippen LogP contribution in [0.5, 0.6) is 0 Å². The van der Waals surface area contributed by atoms with Gasteiger partial charge in [0.15, 0.2) is 0 Å². The number of carbonyl (C=O) groups is 2. The molecule has 0 radical (unpaired) electrons. The number of benzene rings is 1. The number of amides is 3. The molecule has 2 aromatic rings. The Balaban J connectivity index is 2.13. The van der Waals surface area contributed by atoms with Crippen molar-refractivity contribution in [3.05, 3.63) is 41.7 Å². The largest absolute Gasteiger partial charge is 0.347 e. The molecule has 1 fully saturated rings. The molecule has 1 aliphatic heterocycles. The van der Waals surface area contributed by atoms with Crippen LogP contribution in [0.25, 0.3) is 17.0 Å². The second-order valence-corrected chi connectivity index (χ2v) is 4.35. The zero-order chi connectivity index (χ0) is 13.4. The van der Waals surface area contributed by atoms with E-state index in [1.165, 1.54) is 0 Å². The van der Waals surface area contributed by atoms with Gasteiger partial charge in [-0.05, 0) is 19.1 Å². The first-order valence-corrected chi connectivity index (χ1v) is 6.11. The lowest BCUT2D eigenvalue weighted by atomic mass is 10.1. The molecule has 5 nitrogen and oxygen atoms in total. The number of carbonyl (C=O) groups excluding carboxylic acids is 2. The molecule has 0 aliphatic carbocycles. The first-order valence-electron chi connectivity index (χ1n) is 6.11. The molecule has 0 saturated carbocycles. The van der Waals surface area contributed by atoms with Crippen LogP contribution in [-0.4, -0.2) is 16.5 Å². The standard InChI is InChI=1S/C14H13N3O2/c1-2-17-8-9(10-5-3-4-6-12(10)17)7-11-13(18)16-14(19)15-11/h3-8H,2H2,1H3,(H2,15,16,18,19)/b11-7+. The Kier molecular flexibility index (Phi) is 2.59. The van der Waals surface area contributed by atoms with Crippen LogP contribution in [0.1, 0.15) is 12.5 Å². The number of urea groups is 1. The lowest BCUT2D eigenvalue weighted by Crippen LogP contribution is -2.22. The molecule has 19 heavy (non-hydrogen) atoms. The maximum atomic E-state index is 11.5. The highest BCUT2D eigenvalue weighted by molar-refractivity contribution is 6.14. The third-order valence-corrected chi connectivity index (χ3v) is 3.18. The third-order valence-electron chi connectivity index (χ3n) is 3.18. The summed E-state index contributed by atoms with van der Waals surface area (Å²) in [6.07, 6.45) is 3.68. The summed E-state index contributed by atoms with van der Waals surface area (Å²) in [7, 11) is 0. The van der Waals surface area contributed by atoms with E-state index in [2.05, 4.69) is 22.1 Å². The summed E-state index contributed by atoms with van der Waals surface area (Å²) in [6, 6.07) is 7.50. The van der Waals surface area contributed by atoms with Gasteiger partial charge in [0, 0.05) is 29.2 Å². The van der Waals surface area contributed by atoms with Gasteiger partial charge in [0.05, 0.1) is 0 Å². The Morgan fingerprint density at radius 1 is 1.21 bits per heavy atom. The number of hydrogen-bond donors (Lipinski definition) is 2. The van der Waals surface area contributed by atoms with Gasteiger partial charge in [-0.2, -0.15) is 0 Å². The number of nitrogens with one attached hydrogen (secondary N) is 2. The van der Waals surface area contributed by atoms with Crippen LogP contribution in [0.15, 0.2) is 36.2 Å². The maximum absolute atomic E-state index is 11.5. The predicted octanol–water partition coefficient (Wildman–Crippen LogP) is 1.84. The van der Waals surface area contributed by atoms with Crippen LogP contribution < -0.4 is 10.6 Å². The molecule has 3 amide bonds. The fourth-order valence-electron chi connectivity index (χ4n) is 2.29. The summed E-state index contributed by atoms with van der Waals surface area (Å²) < 4.78 is 2.11. The number of aryl methyl sites for hydroxylation is 1. The van der Waals surface area contributed by atoms with Crippen molar-refractivity contribution >= 4 is 28.9 Å². The maximum Gasteiger partial charge on any atom is 0.326 e. The Morgan fingerprint density at radius 3 is 2.68 bits per heavy atom. The van der Waals surface area contributed by atoms with Crippen molar-refractivity contribution in [3.8, 4) is 0 Å². The van der Waals surface area contributed by atoms with Crippen molar-refractivity contribution in [2.24, 2.45) is 0 Å². The monoisotopic (exact) mass is 255 g/mol. The van der Waals surface area contributed by atoms with E-state index >= 15 is 0 Å². The molecule has 1 aromatic carbocycles. The van der Waals surface area contributed by atoms with Crippen LogP contribution >= 0.6 is 0 Å². The highest BCUT2D eigenvalue weighted by Gasteiger charge is 2.23. The molecular weight excluding hydrogens is 242 g/mol. The van der Waals surface area contributed by atoms with Gasteiger partial charge in [0.25, 0.3) is 5.91 Å². The minimum Gasteiger partial charge on any atom is -0.347 e. The van der Waals surface area contributed by atoms with E-state index in [1.54, 1.807) is 6.08 Å². The molecule has 1 aromatic heterocycles. The highest BCUT2D eigenvalue weighted by Crippen LogP contribution is 2.23. The quantitative estimate of drug-likeness (QED) is 0.635. The Bertz CT molecular complexity index is 713. The van der Waals surface area contributed by atoms with E-state index in [0.717, 1.165) is 23.0 Å². The van der Waals surface area contributed by atoms with Gasteiger partial charge >= 0.3 is 6.03 Å². The molecular formula is C14H13N3O2. The smallest absolute Gasteiger partial charge is 0.326 e. The van der Waals surface area contributed by atoms with Gasteiger partial charge in [-0.3, -0.25) is 10.1 Å². The minimum absolute atomic E-state index is 0.281. The summed E-state index contributed by atoms with van der Waals surface area (Å²) in [5.41, 5.74) is 2.32. The predicted molar refractivity (Wildman–Crippen MR) is 72.3 cm³/mol. The number of rotatable bonds is 2. The normalized spacial score (nSPS) is 17.0. The summed E-state index contributed by atoms with van der Waals surface area (Å²) in [5, 5.41) is 5.75. The molecule has 0 unspecified atom stereocenters. The molecule has 1 aliphatic rings. The fourth-order valence-corrected chi connectivity index (χ4v) is 2.29. The summed E-state index contributed by atoms with van der Waals surface area (Å²) in [5.74, 6) is -0.390. The van der Waals surface area contributed by atoms with E-state index in [0.29, 0.717) is 0 Å².